The van der Waals surface area contributed by atoms with Crippen molar-refractivity contribution in [2.75, 3.05) is 5.73 Å². The number of pyridine rings is 1. The second kappa shape index (κ2) is 6.04. The van der Waals surface area contributed by atoms with E-state index in [1.54, 1.807) is 30.5 Å². The molecule has 1 aromatic carbocycles. The van der Waals surface area contributed by atoms with Gasteiger partial charge in [-0.25, -0.2) is 4.98 Å². The van der Waals surface area contributed by atoms with Crippen LogP contribution < -0.4 is 10.5 Å². The summed E-state index contributed by atoms with van der Waals surface area (Å²) in [5, 5.41) is 0.801. The van der Waals surface area contributed by atoms with Gasteiger partial charge in [0.1, 0.15) is 5.75 Å². The summed E-state index contributed by atoms with van der Waals surface area (Å²) in [4.78, 5) is 4.12. The smallest absolute Gasteiger partial charge is 0.406 e. The average molecular weight is 300 g/mol. The van der Waals surface area contributed by atoms with Gasteiger partial charge >= 0.3 is 6.36 Å². The molecule has 2 N–H and O–H groups in total. The number of anilines is 1. The summed E-state index contributed by atoms with van der Waals surface area (Å²) in [5.41, 5.74) is 6.99. The molecule has 0 bridgehead atoms. The number of nitrogen functional groups attached to an aromatic ring is 1. The van der Waals surface area contributed by atoms with Gasteiger partial charge in [-0.05, 0) is 29.8 Å². The molecule has 0 amide bonds. The molecule has 0 saturated carbocycles. The van der Waals surface area contributed by atoms with Gasteiger partial charge in [-0.2, -0.15) is 0 Å². The van der Waals surface area contributed by atoms with Gasteiger partial charge < -0.3 is 10.5 Å². The lowest BCUT2D eigenvalue weighted by molar-refractivity contribution is -0.274. The first-order chi connectivity index (χ1) is 9.42. The average Bonchev–Trinajstić information content (AvgIpc) is 2.38. The molecule has 106 valence electrons. The Bertz CT molecular complexity index is 555. The molecule has 0 unspecified atom stereocenters. The lowest BCUT2D eigenvalue weighted by Gasteiger charge is -2.09. The Morgan fingerprint density at radius 2 is 1.80 bits per heavy atom. The molecule has 1 heterocycles. The number of nitrogens with zero attached hydrogens (tertiary/aromatic N) is 1. The van der Waals surface area contributed by atoms with E-state index in [9.17, 15) is 13.2 Å². The van der Waals surface area contributed by atoms with Crippen molar-refractivity contribution >= 4 is 17.4 Å². The van der Waals surface area contributed by atoms with E-state index in [2.05, 4.69) is 9.72 Å². The summed E-state index contributed by atoms with van der Waals surface area (Å²) in [6.45, 7) is 0. The van der Waals surface area contributed by atoms with Gasteiger partial charge in [0, 0.05) is 5.75 Å². The number of benzene rings is 1. The van der Waals surface area contributed by atoms with Crippen molar-refractivity contribution in [3.63, 3.8) is 0 Å². The third kappa shape index (κ3) is 4.65. The third-order valence-corrected chi connectivity index (χ3v) is 3.32. The standard InChI is InChI=1S/C13H11F3N2OS/c14-13(15,16)19-11-4-1-9(2-5-11)8-20-12-6-3-10(17)7-18-12/h1-7H,8,17H2. The predicted octanol–water partition coefficient (Wildman–Crippen LogP) is 3.85. The van der Waals surface area contributed by atoms with E-state index in [1.807, 2.05) is 0 Å². The molecule has 3 nitrogen and oxygen atoms in total. The molecular weight excluding hydrogens is 289 g/mol. The van der Waals surface area contributed by atoms with Crippen molar-refractivity contribution in [3.05, 3.63) is 48.2 Å². The van der Waals surface area contributed by atoms with Crippen molar-refractivity contribution in [1.82, 2.24) is 4.98 Å². The van der Waals surface area contributed by atoms with Crippen LogP contribution in [0.15, 0.2) is 47.6 Å². The molecule has 20 heavy (non-hydrogen) atoms. The van der Waals surface area contributed by atoms with E-state index in [0.29, 0.717) is 11.4 Å². The molecule has 0 saturated heterocycles. The molecule has 0 spiro atoms. The largest absolute Gasteiger partial charge is 0.573 e. The maximum absolute atomic E-state index is 12.0. The third-order valence-electron chi connectivity index (χ3n) is 2.30. The highest BCUT2D eigenvalue weighted by molar-refractivity contribution is 7.98. The van der Waals surface area contributed by atoms with E-state index in [4.69, 9.17) is 5.73 Å². The van der Waals surface area contributed by atoms with Gasteiger partial charge in [0.15, 0.2) is 0 Å². The van der Waals surface area contributed by atoms with Crippen LogP contribution in [0.2, 0.25) is 0 Å². The normalized spacial score (nSPS) is 11.3. The number of alkyl halides is 3. The van der Waals surface area contributed by atoms with Crippen molar-refractivity contribution in [2.45, 2.75) is 17.1 Å². The van der Waals surface area contributed by atoms with Crippen molar-refractivity contribution in [3.8, 4) is 5.75 Å². The van der Waals surface area contributed by atoms with E-state index >= 15 is 0 Å². The Morgan fingerprint density at radius 1 is 1.10 bits per heavy atom. The number of rotatable bonds is 4. The Labute approximate surface area is 118 Å². The highest BCUT2D eigenvalue weighted by Gasteiger charge is 2.30. The zero-order valence-corrected chi connectivity index (χ0v) is 11.0. The van der Waals surface area contributed by atoms with Crippen LogP contribution in [-0.4, -0.2) is 11.3 Å². The number of nitrogens with two attached hydrogens (primary N) is 1. The van der Waals surface area contributed by atoms with E-state index in [1.165, 1.54) is 23.9 Å². The molecule has 0 atom stereocenters. The van der Waals surface area contributed by atoms with Crippen LogP contribution in [0.1, 0.15) is 5.56 Å². The zero-order valence-electron chi connectivity index (χ0n) is 10.2. The Morgan fingerprint density at radius 3 is 2.35 bits per heavy atom. The highest BCUT2D eigenvalue weighted by Crippen LogP contribution is 2.25. The first-order valence-electron chi connectivity index (χ1n) is 5.61. The summed E-state index contributed by atoms with van der Waals surface area (Å²) in [7, 11) is 0. The van der Waals surface area contributed by atoms with Crippen LogP contribution in [0, 0.1) is 0 Å². The van der Waals surface area contributed by atoms with E-state index in [-0.39, 0.29) is 5.75 Å². The fourth-order valence-electron chi connectivity index (χ4n) is 1.42. The second-order valence-electron chi connectivity index (χ2n) is 3.91. The molecule has 0 fully saturated rings. The van der Waals surface area contributed by atoms with E-state index < -0.39 is 6.36 Å². The van der Waals surface area contributed by atoms with Crippen LogP contribution in [-0.2, 0) is 5.75 Å². The lowest BCUT2D eigenvalue weighted by atomic mass is 10.2. The van der Waals surface area contributed by atoms with Gasteiger partial charge in [-0.3, -0.25) is 0 Å². The van der Waals surface area contributed by atoms with Gasteiger partial charge in [-0.1, -0.05) is 12.1 Å². The molecule has 2 rings (SSSR count). The first kappa shape index (κ1) is 14.5. The Hall–Kier alpha value is -1.89. The van der Waals surface area contributed by atoms with Crippen LogP contribution in [0.5, 0.6) is 5.75 Å². The minimum Gasteiger partial charge on any atom is -0.406 e. The number of hydrogen-bond donors (Lipinski definition) is 1. The fraction of sp³-hybridized carbons (Fsp3) is 0.154. The van der Waals surface area contributed by atoms with Gasteiger partial charge in [0.2, 0.25) is 0 Å². The summed E-state index contributed by atoms with van der Waals surface area (Å²) >= 11 is 1.47. The number of halogens is 3. The number of ether oxygens (including phenoxy) is 1. The second-order valence-corrected chi connectivity index (χ2v) is 4.91. The number of aromatic nitrogens is 1. The van der Waals surface area contributed by atoms with Gasteiger partial charge in [0.25, 0.3) is 0 Å². The SMILES string of the molecule is Nc1ccc(SCc2ccc(OC(F)(F)F)cc2)nc1. The van der Waals surface area contributed by atoms with Crippen molar-refractivity contribution in [1.29, 1.82) is 0 Å². The molecule has 2 aromatic rings. The minimum absolute atomic E-state index is 0.225. The monoisotopic (exact) mass is 300 g/mol. The van der Waals surface area contributed by atoms with Crippen molar-refractivity contribution < 1.29 is 17.9 Å². The summed E-state index contributed by atoms with van der Waals surface area (Å²) in [6, 6.07) is 9.30. The topological polar surface area (TPSA) is 48.1 Å². The summed E-state index contributed by atoms with van der Waals surface area (Å²) in [5.74, 6) is 0.375. The molecule has 1 aromatic heterocycles. The van der Waals surface area contributed by atoms with Gasteiger partial charge in [-0.15, -0.1) is 24.9 Å². The zero-order chi connectivity index (χ0) is 14.6. The van der Waals surface area contributed by atoms with Crippen LogP contribution >= 0.6 is 11.8 Å². The quantitative estimate of drug-likeness (QED) is 0.871. The van der Waals surface area contributed by atoms with Crippen LogP contribution in [0.3, 0.4) is 0 Å². The molecule has 0 aliphatic rings. The summed E-state index contributed by atoms with van der Waals surface area (Å²) in [6.07, 6.45) is -3.10. The Kier molecular flexibility index (Phi) is 4.39. The Balaban J connectivity index is 1.92. The van der Waals surface area contributed by atoms with Crippen molar-refractivity contribution in [2.24, 2.45) is 0 Å². The molecule has 7 heteroatoms. The van der Waals surface area contributed by atoms with E-state index in [0.717, 1.165) is 10.6 Å². The molecular formula is C13H11F3N2OS. The maximum Gasteiger partial charge on any atom is 0.573 e. The fourth-order valence-corrected chi connectivity index (χ4v) is 2.22. The first-order valence-corrected chi connectivity index (χ1v) is 6.60. The number of hydrogen-bond acceptors (Lipinski definition) is 4. The summed E-state index contributed by atoms with van der Waals surface area (Å²) < 4.78 is 39.8. The minimum atomic E-state index is -4.66. The number of thioether (sulfide) groups is 1. The molecule has 0 aliphatic heterocycles. The highest BCUT2D eigenvalue weighted by atomic mass is 32.2. The lowest BCUT2D eigenvalue weighted by Crippen LogP contribution is -2.16. The predicted molar refractivity (Wildman–Crippen MR) is 71.3 cm³/mol. The van der Waals surface area contributed by atoms with Crippen LogP contribution in [0.4, 0.5) is 18.9 Å². The molecule has 0 aliphatic carbocycles. The van der Waals surface area contributed by atoms with Crippen LogP contribution in [0.25, 0.3) is 0 Å². The molecule has 0 radical (unpaired) electrons. The van der Waals surface area contributed by atoms with Gasteiger partial charge in [0.05, 0.1) is 16.9 Å². The maximum atomic E-state index is 12.0.